The molecule has 0 aromatic carbocycles. The number of nitrogens with zero attached hydrogens (tertiary/aromatic N) is 2. The molecule has 1 aromatic rings. The Labute approximate surface area is 100 Å². The van der Waals surface area contributed by atoms with E-state index in [2.05, 4.69) is 4.98 Å². The van der Waals surface area contributed by atoms with E-state index in [4.69, 9.17) is 0 Å². The van der Waals surface area contributed by atoms with E-state index < -0.39 is 12.0 Å². The van der Waals surface area contributed by atoms with E-state index in [9.17, 15) is 14.7 Å². The standard InChI is InChI=1S/C12H16N2O3/c1-4-14(9(3)15)11(12(16)17)10-6-5-8(2)13-7-10/h5-7,11H,4H2,1-3H3,(H,16,17). The van der Waals surface area contributed by atoms with Gasteiger partial charge in [-0.3, -0.25) is 9.78 Å². The third-order valence-electron chi connectivity index (χ3n) is 2.54. The van der Waals surface area contributed by atoms with Gasteiger partial charge in [-0.2, -0.15) is 0 Å². The van der Waals surface area contributed by atoms with Gasteiger partial charge < -0.3 is 10.0 Å². The number of aryl methyl sites for hydroxylation is 1. The molecule has 0 aliphatic heterocycles. The van der Waals surface area contributed by atoms with Crippen molar-refractivity contribution >= 4 is 11.9 Å². The molecule has 0 bridgehead atoms. The first-order valence-corrected chi connectivity index (χ1v) is 5.40. The Bertz CT molecular complexity index is 414. The smallest absolute Gasteiger partial charge is 0.331 e. The summed E-state index contributed by atoms with van der Waals surface area (Å²) in [6.07, 6.45) is 1.50. The van der Waals surface area contributed by atoms with Gasteiger partial charge in [-0.25, -0.2) is 4.79 Å². The number of rotatable bonds is 4. The van der Waals surface area contributed by atoms with Crippen LogP contribution in [0.15, 0.2) is 18.3 Å². The average Bonchev–Trinajstić information content (AvgIpc) is 2.26. The predicted molar refractivity (Wildman–Crippen MR) is 62.4 cm³/mol. The molecule has 0 saturated carbocycles. The summed E-state index contributed by atoms with van der Waals surface area (Å²) < 4.78 is 0. The lowest BCUT2D eigenvalue weighted by Crippen LogP contribution is -2.37. The second kappa shape index (κ2) is 5.43. The maximum absolute atomic E-state index is 11.4. The first kappa shape index (κ1) is 13.2. The van der Waals surface area contributed by atoms with Crippen molar-refractivity contribution in [3.8, 4) is 0 Å². The number of likely N-dealkylation sites (N-methyl/N-ethyl adjacent to an activating group) is 1. The fraction of sp³-hybridized carbons (Fsp3) is 0.417. The minimum atomic E-state index is -1.05. The van der Waals surface area contributed by atoms with Gasteiger partial charge in [0.05, 0.1) is 0 Å². The largest absolute Gasteiger partial charge is 0.479 e. The quantitative estimate of drug-likeness (QED) is 0.857. The zero-order chi connectivity index (χ0) is 13.0. The number of carbonyl (C=O) groups excluding carboxylic acids is 1. The van der Waals surface area contributed by atoms with Crippen molar-refractivity contribution in [1.82, 2.24) is 9.88 Å². The highest BCUT2D eigenvalue weighted by Crippen LogP contribution is 2.20. The number of carboxylic acids is 1. The van der Waals surface area contributed by atoms with Crippen LogP contribution in [0.2, 0.25) is 0 Å². The van der Waals surface area contributed by atoms with Crippen molar-refractivity contribution in [2.45, 2.75) is 26.8 Å². The molecule has 1 atom stereocenters. The molecular weight excluding hydrogens is 220 g/mol. The Balaban J connectivity index is 3.12. The van der Waals surface area contributed by atoms with E-state index in [-0.39, 0.29) is 5.91 Å². The minimum absolute atomic E-state index is 0.263. The first-order valence-electron chi connectivity index (χ1n) is 5.40. The van der Waals surface area contributed by atoms with Crippen molar-refractivity contribution in [2.75, 3.05) is 6.54 Å². The first-order chi connectivity index (χ1) is 7.97. The maximum atomic E-state index is 11.4. The Hall–Kier alpha value is -1.91. The highest BCUT2D eigenvalue weighted by molar-refractivity contribution is 5.83. The number of pyridine rings is 1. The van der Waals surface area contributed by atoms with Gasteiger partial charge in [0.25, 0.3) is 0 Å². The van der Waals surface area contributed by atoms with Gasteiger partial charge >= 0.3 is 5.97 Å². The molecular formula is C12H16N2O3. The lowest BCUT2D eigenvalue weighted by molar-refractivity contribution is -0.149. The van der Waals surface area contributed by atoms with Crippen LogP contribution in [0, 0.1) is 6.92 Å². The van der Waals surface area contributed by atoms with Crippen LogP contribution in [0.5, 0.6) is 0 Å². The third-order valence-corrected chi connectivity index (χ3v) is 2.54. The summed E-state index contributed by atoms with van der Waals surface area (Å²) in [4.78, 5) is 28.0. The van der Waals surface area contributed by atoms with Crippen LogP contribution in [0.25, 0.3) is 0 Å². The van der Waals surface area contributed by atoms with Crippen molar-refractivity contribution < 1.29 is 14.7 Å². The number of hydrogen-bond donors (Lipinski definition) is 1. The van der Waals surface area contributed by atoms with E-state index in [1.54, 1.807) is 19.1 Å². The molecule has 0 fully saturated rings. The summed E-state index contributed by atoms with van der Waals surface area (Å²) in [6.45, 7) is 5.28. The van der Waals surface area contributed by atoms with Crippen molar-refractivity contribution in [2.24, 2.45) is 0 Å². The molecule has 5 nitrogen and oxygen atoms in total. The topological polar surface area (TPSA) is 70.5 Å². The van der Waals surface area contributed by atoms with Gasteiger partial charge in [0.15, 0.2) is 6.04 Å². The molecule has 1 amide bonds. The molecule has 5 heteroatoms. The van der Waals surface area contributed by atoms with Gasteiger partial charge in [-0.1, -0.05) is 6.07 Å². The van der Waals surface area contributed by atoms with E-state index in [1.165, 1.54) is 18.0 Å². The van der Waals surface area contributed by atoms with Crippen molar-refractivity contribution in [3.63, 3.8) is 0 Å². The van der Waals surface area contributed by atoms with Crippen LogP contribution in [-0.2, 0) is 9.59 Å². The zero-order valence-electron chi connectivity index (χ0n) is 10.2. The number of hydrogen-bond acceptors (Lipinski definition) is 3. The molecule has 92 valence electrons. The SMILES string of the molecule is CCN(C(C)=O)C(C(=O)O)c1ccc(C)nc1. The lowest BCUT2D eigenvalue weighted by atomic mass is 10.1. The number of carbonyl (C=O) groups is 2. The van der Waals surface area contributed by atoms with Crippen LogP contribution < -0.4 is 0 Å². The Kier molecular flexibility index (Phi) is 4.20. The Morgan fingerprint density at radius 3 is 2.47 bits per heavy atom. The van der Waals surface area contributed by atoms with Gasteiger partial charge in [0.2, 0.25) is 5.91 Å². The highest BCUT2D eigenvalue weighted by Gasteiger charge is 2.28. The van der Waals surface area contributed by atoms with E-state index in [1.807, 2.05) is 6.92 Å². The van der Waals surface area contributed by atoms with Crippen LogP contribution in [-0.4, -0.2) is 33.4 Å². The van der Waals surface area contributed by atoms with Gasteiger partial charge in [-0.05, 0) is 19.9 Å². The zero-order valence-corrected chi connectivity index (χ0v) is 10.2. The maximum Gasteiger partial charge on any atom is 0.331 e. The van der Waals surface area contributed by atoms with Crippen LogP contribution >= 0.6 is 0 Å². The summed E-state index contributed by atoms with van der Waals surface area (Å²) in [7, 11) is 0. The molecule has 1 N–H and O–H groups in total. The lowest BCUT2D eigenvalue weighted by Gasteiger charge is -2.26. The fourth-order valence-electron chi connectivity index (χ4n) is 1.68. The van der Waals surface area contributed by atoms with E-state index in [0.717, 1.165) is 5.69 Å². The second-order valence-corrected chi connectivity index (χ2v) is 3.78. The molecule has 0 radical (unpaired) electrons. The Morgan fingerprint density at radius 1 is 1.47 bits per heavy atom. The summed E-state index contributed by atoms with van der Waals surface area (Å²) in [6, 6.07) is 2.46. The van der Waals surface area contributed by atoms with E-state index in [0.29, 0.717) is 12.1 Å². The van der Waals surface area contributed by atoms with Gasteiger partial charge in [-0.15, -0.1) is 0 Å². The summed E-state index contributed by atoms with van der Waals surface area (Å²) in [5, 5.41) is 9.22. The fourth-order valence-corrected chi connectivity index (χ4v) is 1.68. The van der Waals surface area contributed by atoms with Gasteiger partial charge in [0, 0.05) is 30.9 Å². The molecule has 0 spiro atoms. The summed E-state index contributed by atoms with van der Waals surface area (Å²) in [5.41, 5.74) is 1.32. The molecule has 0 aliphatic rings. The minimum Gasteiger partial charge on any atom is -0.479 e. The molecule has 1 aromatic heterocycles. The van der Waals surface area contributed by atoms with Crippen molar-refractivity contribution in [3.05, 3.63) is 29.6 Å². The van der Waals surface area contributed by atoms with Gasteiger partial charge in [0.1, 0.15) is 0 Å². The average molecular weight is 236 g/mol. The second-order valence-electron chi connectivity index (χ2n) is 3.78. The summed E-state index contributed by atoms with van der Waals surface area (Å²) >= 11 is 0. The number of amides is 1. The summed E-state index contributed by atoms with van der Waals surface area (Å²) in [5.74, 6) is -1.31. The molecule has 0 saturated heterocycles. The molecule has 0 aliphatic carbocycles. The van der Waals surface area contributed by atoms with Crippen LogP contribution in [0.4, 0.5) is 0 Å². The Morgan fingerprint density at radius 2 is 2.12 bits per heavy atom. The van der Waals surface area contributed by atoms with Crippen LogP contribution in [0.3, 0.4) is 0 Å². The molecule has 1 rings (SSSR count). The molecule has 1 unspecified atom stereocenters. The number of aliphatic carboxylic acids is 1. The predicted octanol–water partition coefficient (Wildman–Crippen LogP) is 1.38. The molecule has 17 heavy (non-hydrogen) atoms. The van der Waals surface area contributed by atoms with Crippen molar-refractivity contribution in [1.29, 1.82) is 0 Å². The monoisotopic (exact) mass is 236 g/mol. The third kappa shape index (κ3) is 3.03. The normalized spacial score (nSPS) is 11.9. The highest BCUT2D eigenvalue weighted by atomic mass is 16.4. The van der Waals surface area contributed by atoms with Crippen LogP contribution in [0.1, 0.15) is 31.1 Å². The molecule has 1 heterocycles. The number of carboxylic acid groups (broad SMARTS) is 1. The number of aromatic nitrogens is 1. The van der Waals surface area contributed by atoms with E-state index >= 15 is 0 Å².